The summed E-state index contributed by atoms with van der Waals surface area (Å²) in [6.07, 6.45) is 13.4. The van der Waals surface area contributed by atoms with Crippen molar-refractivity contribution >= 4 is 0 Å². The lowest BCUT2D eigenvalue weighted by Crippen LogP contribution is -1.95. The van der Waals surface area contributed by atoms with Gasteiger partial charge in [0.25, 0.3) is 0 Å². The van der Waals surface area contributed by atoms with Gasteiger partial charge in [-0.15, -0.1) is 0 Å². The van der Waals surface area contributed by atoms with E-state index in [9.17, 15) is 8.78 Å². The number of benzene rings is 1. The van der Waals surface area contributed by atoms with Gasteiger partial charge in [0.05, 0.1) is 0 Å². The van der Waals surface area contributed by atoms with Gasteiger partial charge in [0.2, 0.25) is 0 Å². The van der Waals surface area contributed by atoms with E-state index < -0.39 is 11.6 Å². The van der Waals surface area contributed by atoms with Gasteiger partial charge >= 0.3 is 0 Å². The molecule has 0 aliphatic heterocycles. The largest absolute Gasteiger partial charge is 0.204 e. The molecule has 0 amide bonds. The lowest BCUT2D eigenvalue weighted by atomic mass is 9.99. The van der Waals surface area contributed by atoms with E-state index >= 15 is 0 Å². The van der Waals surface area contributed by atoms with Crippen molar-refractivity contribution in [1.29, 1.82) is 0 Å². The van der Waals surface area contributed by atoms with Crippen LogP contribution in [0.2, 0.25) is 0 Å². The maximum atomic E-state index is 13.1. The summed E-state index contributed by atoms with van der Waals surface area (Å²) in [5.41, 5.74) is 2.11. The van der Waals surface area contributed by atoms with E-state index in [4.69, 9.17) is 0 Å². The molecule has 2 rings (SSSR count). The lowest BCUT2D eigenvalue weighted by molar-refractivity contribution is 0.506. The predicted molar refractivity (Wildman–Crippen MR) is 74.8 cm³/mol. The maximum Gasteiger partial charge on any atom is 0.159 e. The summed E-state index contributed by atoms with van der Waals surface area (Å²) < 4.78 is 25.8. The van der Waals surface area contributed by atoms with Crippen LogP contribution in [-0.4, -0.2) is 0 Å². The zero-order chi connectivity index (χ0) is 13.7. The molecule has 1 aliphatic rings. The summed E-state index contributed by atoms with van der Waals surface area (Å²) >= 11 is 0. The standard InChI is InChI=1S/C17H18F2/c1-13-4-2-5-14(9-8-13)6-3-7-15-10-11-16(18)17(19)12-15/h2,4-5,8-12,14H,3,6-7H2,1H3. The van der Waals surface area contributed by atoms with Crippen molar-refractivity contribution < 1.29 is 8.78 Å². The Morgan fingerprint density at radius 3 is 2.74 bits per heavy atom. The Morgan fingerprint density at radius 2 is 1.95 bits per heavy atom. The molecular weight excluding hydrogens is 242 g/mol. The normalized spacial score (nSPS) is 18.3. The lowest BCUT2D eigenvalue weighted by Gasteiger charge is -2.07. The average Bonchev–Trinajstić information content (AvgIpc) is 2.59. The second kappa shape index (κ2) is 6.46. The first-order valence-corrected chi connectivity index (χ1v) is 6.62. The van der Waals surface area contributed by atoms with Gasteiger partial charge in [-0.3, -0.25) is 0 Å². The number of hydrogen-bond acceptors (Lipinski definition) is 0. The van der Waals surface area contributed by atoms with Crippen LogP contribution < -0.4 is 0 Å². The minimum atomic E-state index is -0.778. The number of halogens is 2. The Bertz CT molecular complexity index is 524. The molecule has 0 heterocycles. The van der Waals surface area contributed by atoms with E-state index in [1.807, 2.05) is 0 Å². The van der Waals surface area contributed by atoms with Gasteiger partial charge in [-0.2, -0.15) is 0 Å². The minimum absolute atomic E-state index is 0.430. The van der Waals surface area contributed by atoms with Gasteiger partial charge in [0.1, 0.15) is 0 Å². The second-order valence-corrected chi connectivity index (χ2v) is 4.96. The van der Waals surface area contributed by atoms with Crippen LogP contribution in [0.4, 0.5) is 8.78 Å². The fourth-order valence-electron chi connectivity index (χ4n) is 2.17. The average molecular weight is 260 g/mol. The van der Waals surface area contributed by atoms with E-state index in [-0.39, 0.29) is 0 Å². The van der Waals surface area contributed by atoms with Gasteiger partial charge < -0.3 is 0 Å². The topological polar surface area (TPSA) is 0 Å². The molecule has 0 bridgehead atoms. The van der Waals surface area contributed by atoms with Crippen molar-refractivity contribution in [3.63, 3.8) is 0 Å². The Hall–Kier alpha value is -1.70. The van der Waals surface area contributed by atoms with Crippen molar-refractivity contribution in [2.75, 3.05) is 0 Å². The summed E-state index contributed by atoms with van der Waals surface area (Å²) in [6.45, 7) is 2.07. The van der Waals surface area contributed by atoms with Crippen LogP contribution in [0.5, 0.6) is 0 Å². The van der Waals surface area contributed by atoms with E-state index in [1.54, 1.807) is 6.07 Å². The highest BCUT2D eigenvalue weighted by Gasteiger charge is 2.05. The van der Waals surface area contributed by atoms with E-state index in [2.05, 4.69) is 37.3 Å². The van der Waals surface area contributed by atoms with Crippen molar-refractivity contribution in [3.05, 3.63) is 71.4 Å². The van der Waals surface area contributed by atoms with Crippen LogP contribution in [0.15, 0.2) is 54.2 Å². The van der Waals surface area contributed by atoms with Gasteiger partial charge in [0, 0.05) is 0 Å². The first-order chi connectivity index (χ1) is 9.15. The molecule has 1 atom stereocenters. The number of allylic oxidation sites excluding steroid dienone is 6. The van der Waals surface area contributed by atoms with Gasteiger partial charge in [-0.05, 0) is 49.8 Å². The number of aryl methyl sites for hydroxylation is 1. The van der Waals surface area contributed by atoms with E-state index in [0.29, 0.717) is 5.92 Å². The van der Waals surface area contributed by atoms with Crippen molar-refractivity contribution in [1.82, 2.24) is 0 Å². The fraction of sp³-hybridized carbons (Fsp3) is 0.294. The van der Waals surface area contributed by atoms with Crippen LogP contribution in [0.25, 0.3) is 0 Å². The maximum absolute atomic E-state index is 13.1. The first-order valence-electron chi connectivity index (χ1n) is 6.62. The Kier molecular flexibility index (Phi) is 4.67. The zero-order valence-electron chi connectivity index (χ0n) is 11.1. The highest BCUT2D eigenvalue weighted by atomic mass is 19.2. The molecule has 0 N–H and O–H groups in total. The quantitative estimate of drug-likeness (QED) is 0.716. The van der Waals surface area contributed by atoms with Gasteiger partial charge in [-0.1, -0.05) is 42.0 Å². The molecule has 0 nitrogen and oxygen atoms in total. The SMILES string of the molecule is CC1=CC=CC(CCCc2ccc(F)c(F)c2)C=C1. The number of rotatable bonds is 4. The summed E-state index contributed by atoms with van der Waals surface area (Å²) in [6, 6.07) is 4.14. The van der Waals surface area contributed by atoms with Crippen molar-refractivity contribution in [2.24, 2.45) is 5.92 Å². The zero-order valence-corrected chi connectivity index (χ0v) is 11.1. The second-order valence-electron chi connectivity index (χ2n) is 4.96. The van der Waals surface area contributed by atoms with E-state index in [1.165, 1.54) is 17.7 Å². The molecule has 0 radical (unpaired) electrons. The molecule has 0 saturated heterocycles. The van der Waals surface area contributed by atoms with Crippen LogP contribution in [0.1, 0.15) is 25.3 Å². The molecule has 1 unspecified atom stereocenters. The summed E-state index contributed by atoms with van der Waals surface area (Å²) in [5, 5.41) is 0. The third-order valence-corrected chi connectivity index (χ3v) is 3.31. The Morgan fingerprint density at radius 1 is 1.11 bits per heavy atom. The van der Waals surface area contributed by atoms with Gasteiger partial charge in [-0.25, -0.2) is 8.78 Å². The van der Waals surface area contributed by atoms with Crippen LogP contribution >= 0.6 is 0 Å². The van der Waals surface area contributed by atoms with Crippen molar-refractivity contribution in [2.45, 2.75) is 26.2 Å². The molecule has 1 aromatic rings. The van der Waals surface area contributed by atoms with Gasteiger partial charge in [0.15, 0.2) is 11.6 Å². The smallest absolute Gasteiger partial charge is 0.159 e. The first kappa shape index (κ1) is 13.7. The molecular formula is C17H18F2. The van der Waals surface area contributed by atoms with Crippen molar-refractivity contribution in [3.8, 4) is 0 Å². The molecule has 0 aromatic heterocycles. The molecule has 19 heavy (non-hydrogen) atoms. The van der Waals surface area contributed by atoms with Crippen LogP contribution in [-0.2, 0) is 6.42 Å². The summed E-state index contributed by atoms with van der Waals surface area (Å²) in [7, 11) is 0. The third kappa shape index (κ3) is 4.16. The number of hydrogen-bond donors (Lipinski definition) is 0. The molecule has 0 fully saturated rings. The molecule has 2 heteroatoms. The van der Waals surface area contributed by atoms with Crippen LogP contribution in [0.3, 0.4) is 0 Å². The molecule has 0 spiro atoms. The molecule has 1 aromatic carbocycles. The summed E-state index contributed by atoms with van der Waals surface area (Å²) in [5.74, 6) is -1.11. The fourth-order valence-corrected chi connectivity index (χ4v) is 2.17. The predicted octanol–water partition coefficient (Wildman–Crippen LogP) is 4.98. The highest BCUT2D eigenvalue weighted by Crippen LogP contribution is 2.18. The molecule has 100 valence electrons. The summed E-state index contributed by atoms with van der Waals surface area (Å²) in [4.78, 5) is 0. The van der Waals surface area contributed by atoms with Crippen LogP contribution in [0, 0.1) is 17.6 Å². The molecule has 0 saturated carbocycles. The minimum Gasteiger partial charge on any atom is -0.204 e. The molecule has 1 aliphatic carbocycles. The van der Waals surface area contributed by atoms with E-state index in [0.717, 1.165) is 24.8 Å². The monoisotopic (exact) mass is 260 g/mol. The Labute approximate surface area is 113 Å². The highest BCUT2D eigenvalue weighted by molar-refractivity contribution is 5.27. The third-order valence-electron chi connectivity index (χ3n) is 3.31. The Balaban J connectivity index is 1.84.